The third kappa shape index (κ3) is 1.03. The van der Waals surface area contributed by atoms with Crippen LogP contribution < -0.4 is 0 Å². The Balaban J connectivity index is 2.65. The molecule has 4 aliphatic carbocycles. The normalized spacial score (nSPS) is 59.9. The number of halogens is 15. The maximum Gasteiger partial charge on any atom is 0.337 e. The third-order valence-electron chi connectivity index (χ3n) is 5.12. The molecule has 4 bridgehead atoms. The van der Waals surface area contributed by atoms with E-state index < -0.39 is 57.7 Å². The molecule has 4 rings (SSSR count). The second-order valence-corrected chi connectivity index (χ2v) is 6.50. The van der Waals surface area contributed by atoms with Crippen LogP contribution in [0.3, 0.4) is 0 Å². The van der Waals surface area contributed by atoms with Crippen LogP contribution in [0.5, 0.6) is 0 Å². The molecule has 0 saturated heterocycles. The summed E-state index contributed by atoms with van der Waals surface area (Å²) < 4.78 is 194. The lowest BCUT2D eigenvalue weighted by molar-refractivity contribution is -0.557. The summed E-state index contributed by atoms with van der Waals surface area (Å²) in [5, 5.41) is -6.53. The van der Waals surface area contributed by atoms with Gasteiger partial charge in [-0.05, 0) is 0 Å². The fourth-order valence-electron chi connectivity index (χ4n) is 3.73. The van der Waals surface area contributed by atoms with E-state index in [1.807, 2.05) is 0 Å². The van der Waals surface area contributed by atoms with Crippen LogP contribution in [0.1, 0.15) is 0 Å². The summed E-state index contributed by atoms with van der Waals surface area (Å²) in [4.78, 5) is 0. The van der Waals surface area contributed by atoms with Gasteiger partial charge in [0.05, 0.1) is 0 Å². The van der Waals surface area contributed by atoms with Gasteiger partial charge in [0.25, 0.3) is 22.1 Å². The second-order valence-electron chi connectivity index (χ2n) is 5.98. The monoisotopic (exact) mass is 422 g/mol. The van der Waals surface area contributed by atoms with Crippen molar-refractivity contribution >= 4 is 11.6 Å². The van der Waals surface area contributed by atoms with Crippen LogP contribution in [0.2, 0.25) is 0 Å². The highest BCUT2D eigenvalue weighted by Crippen LogP contribution is 2.86. The molecular formula is C10HClF14. The molecule has 0 N–H and O–H groups in total. The zero-order valence-corrected chi connectivity index (χ0v) is 11.5. The van der Waals surface area contributed by atoms with Gasteiger partial charge in [-0.2, -0.15) is 35.1 Å². The first-order chi connectivity index (χ1) is 10.7. The van der Waals surface area contributed by atoms with Crippen LogP contribution in [-0.4, -0.2) is 57.7 Å². The van der Waals surface area contributed by atoms with Crippen molar-refractivity contribution in [3.63, 3.8) is 0 Å². The van der Waals surface area contributed by atoms with Gasteiger partial charge in [-0.25, -0.2) is 26.3 Å². The molecule has 0 heterocycles. The van der Waals surface area contributed by atoms with Gasteiger partial charge in [-0.15, -0.1) is 0 Å². The van der Waals surface area contributed by atoms with Crippen molar-refractivity contribution < 1.29 is 61.5 Å². The van der Waals surface area contributed by atoms with Crippen molar-refractivity contribution in [2.45, 2.75) is 57.7 Å². The lowest BCUT2D eigenvalue weighted by atomic mass is 9.42. The first-order valence-corrected chi connectivity index (χ1v) is 6.32. The van der Waals surface area contributed by atoms with Crippen LogP contribution in [0.4, 0.5) is 61.5 Å². The Kier molecular flexibility index (Phi) is 2.79. The van der Waals surface area contributed by atoms with E-state index in [1.54, 1.807) is 0 Å². The summed E-state index contributed by atoms with van der Waals surface area (Å²) in [6.07, 6.45) is -5.72. The Morgan fingerprint density at radius 3 is 1.20 bits per heavy atom. The first-order valence-electron chi connectivity index (χ1n) is 5.94. The minimum absolute atomic E-state index is 4.10. The molecule has 6 atom stereocenters. The standard InChI is InChI=1S/C10HClF14/c11-6(17)2(13)1(12)3(14)8(20,21)4(6,15)10(24,25)5(16,7(2,18)19)9(3,22)23/h1H/t1?,2-,3+,4-,5+,6?/m1/s1. The molecule has 4 saturated carbocycles. The lowest BCUT2D eigenvalue weighted by Gasteiger charge is -2.72. The van der Waals surface area contributed by atoms with Crippen molar-refractivity contribution in [1.82, 2.24) is 0 Å². The molecular weight excluding hydrogens is 422 g/mol. The Morgan fingerprint density at radius 1 is 0.480 bits per heavy atom. The van der Waals surface area contributed by atoms with Crippen molar-refractivity contribution in [2.75, 3.05) is 0 Å². The van der Waals surface area contributed by atoms with E-state index in [1.165, 1.54) is 0 Å². The largest absolute Gasteiger partial charge is 0.337 e. The van der Waals surface area contributed by atoms with E-state index in [4.69, 9.17) is 0 Å². The average molecular weight is 423 g/mol. The Hall–Kier alpha value is -0.690. The minimum atomic E-state index is -7.49. The van der Waals surface area contributed by atoms with E-state index in [0.717, 1.165) is 0 Å². The fourth-order valence-corrected chi connectivity index (χ4v) is 4.18. The zero-order chi connectivity index (χ0) is 20.1. The van der Waals surface area contributed by atoms with Crippen LogP contribution >= 0.6 is 11.6 Å². The highest BCUT2D eigenvalue weighted by Gasteiger charge is 3.19. The third-order valence-corrected chi connectivity index (χ3v) is 5.66. The first kappa shape index (κ1) is 19.1. The molecule has 2 unspecified atom stereocenters. The van der Waals surface area contributed by atoms with Gasteiger partial charge in [-0.3, -0.25) is 0 Å². The van der Waals surface area contributed by atoms with Gasteiger partial charge < -0.3 is 0 Å². The van der Waals surface area contributed by atoms with Gasteiger partial charge in [-0.1, -0.05) is 11.6 Å². The average Bonchev–Trinajstić information content (AvgIpc) is 2.45. The van der Waals surface area contributed by atoms with Gasteiger partial charge in [0.1, 0.15) is 0 Å². The predicted molar refractivity (Wildman–Crippen MR) is 49.7 cm³/mol. The number of hydrogen-bond donors (Lipinski definition) is 0. The molecule has 25 heavy (non-hydrogen) atoms. The van der Waals surface area contributed by atoms with E-state index in [-0.39, 0.29) is 0 Å². The highest BCUT2D eigenvalue weighted by molar-refractivity contribution is 6.25. The summed E-state index contributed by atoms with van der Waals surface area (Å²) in [6.45, 7) is 0. The van der Waals surface area contributed by atoms with Gasteiger partial charge in [0, 0.05) is 0 Å². The molecule has 146 valence electrons. The van der Waals surface area contributed by atoms with Gasteiger partial charge >= 0.3 is 29.4 Å². The summed E-state index contributed by atoms with van der Waals surface area (Å²) in [5.41, 5.74) is -28.1. The van der Waals surface area contributed by atoms with Crippen LogP contribution in [-0.2, 0) is 0 Å². The maximum atomic E-state index is 14.3. The predicted octanol–water partition coefficient (Wildman–Crippen LogP) is 4.64. The quantitative estimate of drug-likeness (QED) is 0.394. The number of rotatable bonds is 0. The molecule has 0 aromatic carbocycles. The molecule has 0 aromatic rings. The van der Waals surface area contributed by atoms with E-state index in [9.17, 15) is 61.5 Å². The van der Waals surface area contributed by atoms with Crippen LogP contribution in [0.25, 0.3) is 0 Å². The second kappa shape index (κ2) is 3.66. The summed E-state index contributed by atoms with van der Waals surface area (Å²) in [5.74, 6) is -29.4. The van der Waals surface area contributed by atoms with Crippen LogP contribution in [0, 0.1) is 0 Å². The van der Waals surface area contributed by atoms with Crippen molar-refractivity contribution in [2.24, 2.45) is 0 Å². The molecule has 0 radical (unpaired) electrons. The molecule has 0 amide bonds. The fraction of sp³-hybridized carbons (Fsp3) is 1.00. The molecule has 0 aromatic heterocycles. The lowest BCUT2D eigenvalue weighted by Crippen LogP contribution is -3.06. The van der Waals surface area contributed by atoms with Crippen molar-refractivity contribution in [1.29, 1.82) is 0 Å². The minimum Gasteiger partial charge on any atom is -0.239 e. The SMILES string of the molecule is FC1[C@@]2(F)C(F)(F)[C@@]3(F)C(F)(F)[C@]1(F)C(F)(Cl)[C@@](F)(C2(F)F)C3(F)F. The highest BCUT2D eigenvalue weighted by atomic mass is 35.5. The molecule has 4 aliphatic rings. The summed E-state index contributed by atoms with van der Waals surface area (Å²) in [6, 6.07) is 0. The Labute approximate surface area is 132 Å². The Morgan fingerprint density at radius 2 is 0.800 bits per heavy atom. The van der Waals surface area contributed by atoms with E-state index in [0.29, 0.717) is 0 Å². The van der Waals surface area contributed by atoms with Crippen LogP contribution in [0.15, 0.2) is 0 Å². The van der Waals surface area contributed by atoms with E-state index >= 15 is 0 Å². The summed E-state index contributed by atoms with van der Waals surface area (Å²) in [7, 11) is 0. The molecule has 15 heteroatoms. The topological polar surface area (TPSA) is 0 Å². The van der Waals surface area contributed by atoms with Gasteiger partial charge in [0.15, 0.2) is 6.17 Å². The number of hydrogen-bond acceptors (Lipinski definition) is 0. The van der Waals surface area contributed by atoms with E-state index in [2.05, 4.69) is 11.6 Å². The smallest absolute Gasteiger partial charge is 0.239 e. The van der Waals surface area contributed by atoms with Crippen molar-refractivity contribution in [3.8, 4) is 0 Å². The molecule has 0 nitrogen and oxygen atoms in total. The summed E-state index contributed by atoms with van der Waals surface area (Å²) >= 11 is 4.10. The maximum absolute atomic E-state index is 14.3. The molecule has 0 spiro atoms. The van der Waals surface area contributed by atoms with Crippen molar-refractivity contribution in [3.05, 3.63) is 0 Å². The zero-order valence-electron chi connectivity index (χ0n) is 10.7. The number of alkyl halides is 15. The molecule has 4 fully saturated rings. The Bertz CT molecular complexity index is 581. The molecule has 0 aliphatic heterocycles. The van der Waals surface area contributed by atoms with Gasteiger partial charge in [0.2, 0.25) is 0 Å².